The van der Waals surface area contributed by atoms with Crippen molar-refractivity contribution < 1.29 is 10.2 Å². The van der Waals surface area contributed by atoms with Crippen LogP contribution < -0.4 is 0 Å². The SMILES string of the molecule is CCCCCc1ccc(CO)cc1O. The fourth-order valence-corrected chi connectivity index (χ4v) is 1.48. The van der Waals surface area contributed by atoms with Crippen molar-refractivity contribution in [3.63, 3.8) is 0 Å². The third-order valence-electron chi connectivity index (χ3n) is 2.38. The number of benzene rings is 1. The van der Waals surface area contributed by atoms with Gasteiger partial charge in [-0.2, -0.15) is 0 Å². The van der Waals surface area contributed by atoms with Gasteiger partial charge in [-0.05, 0) is 30.0 Å². The molecule has 0 fully saturated rings. The highest BCUT2D eigenvalue weighted by molar-refractivity contribution is 5.36. The number of hydrogen-bond acceptors (Lipinski definition) is 2. The van der Waals surface area contributed by atoms with Crippen molar-refractivity contribution in [2.24, 2.45) is 0 Å². The third kappa shape index (κ3) is 3.04. The first kappa shape index (κ1) is 11.1. The van der Waals surface area contributed by atoms with E-state index in [1.54, 1.807) is 6.07 Å². The Labute approximate surface area is 85.2 Å². The minimum atomic E-state index is -0.0111. The van der Waals surface area contributed by atoms with Crippen molar-refractivity contribution in [3.8, 4) is 5.75 Å². The summed E-state index contributed by atoms with van der Waals surface area (Å²) in [5.74, 6) is 0.313. The number of phenols is 1. The topological polar surface area (TPSA) is 40.5 Å². The van der Waals surface area contributed by atoms with Crippen molar-refractivity contribution in [2.75, 3.05) is 0 Å². The number of hydrogen-bond donors (Lipinski definition) is 2. The average molecular weight is 194 g/mol. The van der Waals surface area contributed by atoms with Gasteiger partial charge in [-0.15, -0.1) is 0 Å². The normalized spacial score (nSPS) is 10.4. The first-order valence-corrected chi connectivity index (χ1v) is 5.19. The monoisotopic (exact) mass is 194 g/mol. The molecule has 2 heteroatoms. The standard InChI is InChI=1S/C12H18O2/c1-2-3-4-5-11-7-6-10(9-13)8-12(11)14/h6-8,13-14H,2-5,9H2,1H3. The van der Waals surface area contributed by atoms with Crippen LogP contribution in [0, 0.1) is 0 Å². The molecule has 0 radical (unpaired) electrons. The highest BCUT2D eigenvalue weighted by atomic mass is 16.3. The Morgan fingerprint density at radius 1 is 1.21 bits per heavy atom. The van der Waals surface area contributed by atoms with E-state index in [0.717, 1.165) is 24.0 Å². The largest absolute Gasteiger partial charge is 0.508 e. The number of rotatable bonds is 5. The molecule has 1 rings (SSSR count). The quantitative estimate of drug-likeness (QED) is 0.707. The van der Waals surface area contributed by atoms with E-state index >= 15 is 0 Å². The summed E-state index contributed by atoms with van der Waals surface area (Å²) in [7, 11) is 0. The van der Waals surface area contributed by atoms with E-state index in [0.29, 0.717) is 5.75 Å². The first-order valence-electron chi connectivity index (χ1n) is 5.19. The highest BCUT2D eigenvalue weighted by Gasteiger charge is 2.01. The van der Waals surface area contributed by atoms with Crippen molar-refractivity contribution >= 4 is 0 Å². The van der Waals surface area contributed by atoms with Crippen LogP contribution in [0.25, 0.3) is 0 Å². The molecule has 0 atom stereocenters. The molecule has 1 aromatic rings. The molecule has 0 heterocycles. The molecule has 0 aliphatic carbocycles. The second kappa shape index (κ2) is 5.66. The summed E-state index contributed by atoms with van der Waals surface area (Å²) in [6, 6.07) is 5.40. The molecule has 0 aromatic heterocycles. The van der Waals surface area contributed by atoms with Crippen LogP contribution in [0.2, 0.25) is 0 Å². The Bertz CT molecular complexity index is 282. The maximum absolute atomic E-state index is 9.61. The zero-order valence-electron chi connectivity index (χ0n) is 8.66. The number of unbranched alkanes of at least 4 members (excludes halogenated alkanes) is 2. The molecule has 0 amide bonds. The summed E-state index contributed by atoms with van der Waals surface area (Å²) < 4.78 is 0. The molecule has 0 bridgehead atoms. The molecule has 0 aliphatic heterocycles. The van der Waals surface area contributed by atoms with Gasteiger partial charge in [-0.1, -0.05) is 31.9 Å². The van der Waals surface area contributed by atoms with Gasteiger partial charge in [0.25, 0.3) is 0 Å². The van der Waals surface area contributed by atoms with Crippen LogP contribution in [0.15, 0.2) is 18.2 Å². The lowest BCUT2D eigenvalue weighted by Crippen LogP contribution is -1.89. The van der Waals surface area contributed by atoms with E-state index in [4.69, 9.17) is 5.11 Å². The second-order valence-electron chi connectivity index (χ2n) is 3.58. The van der Waals surface area contributed by atoms with E-state index in [2.05, 4.69) is 6.92 Å². The smallest absolute Gasteiger partial charge is 0.119 e. The van der Waals surface area contributed by atoms with Gasteiger partial charge in [0.1, 0.15) is 5.75 Å². The van der Waals surface area contributed by atoms with Gasteiger partial charge in [0, 0.05) is 0 Å². The molecule has 0 unspecified atom stereocenters. The summed E-state index contributed by atoms with van der Waals surface area (Å²) >= 11 is 0. The van der Waals surface area contributed by atoms with Crippen LogP contribution in [0.1, 0.15) is 37.3 Å². The van der Waals surface area contributed by atoms with E-state index in [-0.39, 0.29) is 6.61 Å². The minimum absolute atomic E-state index is 0.0111. The van der Waals surface area contributed by atoms with E-state index in [1.165, 1.54) is 12.8 Å². The predicted molar refractivity (Wildman–Crippen MR) is 57.3 cm³/mol. The predicted octanol–water partition coefficient (Wildman–Crippen LogP) is 2.62. The van der Waals surface area contributed by atoms with Gasteiger partial charge in [0.2, 0.25) is 0 Å². The maximum atomic E-state index is 9.61. The number of aliphatic hydroxyl groups is 1. The molecule has 14 heavy (non-hydrogen) atoms. The Kier molecular flexibility index (Phi) is 4.47. The molecule has 0 aliphatic rings. The van der Waals surface area contributed by atoms with Crippen molar-refractivity contribution in [1.82, 2.24) is 0 Å². The summed E-state index contributed by atoms with van der Waals surface area (Å²) in [4.78, 5) is 0. The minimum Gasteiger partial charge on any atom is -0.508 e. The lowest BCUT2D eigenvalue weighted by molar-refractivity contribution is 0.281. The summed E-state index contributed by atoms with van der Waals surface area (Å²) in [5, 5.41) is 18.5. The fourth-order valence-electron chi connectivity index (χ4n) is 1.48. The summed E-state index contributed by atoms with van der Waals surface area (Å²) in [6.07, 6.45) is 4.42. The molecule has 1 aromatic carbocycles. The molecule has 2 N–H and O–H groups in total. The van der Waals surface area contributed by atoms with Crippen LogP contribution in [-0.4, -0.2) is 10.2 Å². The van der Waals surface area contributed by atoms with Gasteiger partial charge >= 0.3 is 0 Å². The van der Waals surface area contributed by atoms with E-state index in [9.17, 15) is 5.11 Å². The van der Waals surface area contributed by atoms with Crippen LogP contribution >= 0.6 is 0 Å². The zero-order chi connectivity index (χ0) is 10.4. The lowest BCUT2D eigenvalue weighted by atomic mass is 10.0. The fraction of sp³-hybridized carbons (Fsp3) is 0.500. The van der Waals surface area contributed by atoms with Gasteiger partial charge in [-0.3, -0.25) is 0 Å². The number of aryl methyl sites for hydroxylation is 1. The number of aliphatic hydroxyl groups excluding tert-OH is 1. The second-order valence-corrected chi connectivity index (χ2v) is 3.58. The van der Waals surface area contributed by atoms with Crippen LogP contribution in [0.3, 0.4) is 0 Å². The molecule has 2 nitrogen and oxygen atoms in total. The van der Waals surface area contributed by atoms with Gasteiger partial charge < -0.3 is 10.2 Å². The maximum Gasteiger partial charge on any atom is 0.119 e. The van der Waals surface area contributed by atoms with Gasteiger partial charge in [0.05, 0.1) is 6.61 Å². The Morgan fingerprint density at radius 3 is 2.57 bits per heavy atom. The van der Waals surface area contributed by atoms with Crippen LogP contribution in [-0.2, 0) is 13.0 Å². The Hall–Kier alpha value is -1.02. The van der Waals surface area contributed by atoms with Crippen LogP contribution in [0.4, 0.5) is 0 Å². The molecule has 0 saturated carbocycles. The molecule has 0 saturated heterocycles. The molecule has 78 valence electrons. The lowest BCUT2D eigenvalue weighted by Gasteiger charge is -2.05. The van der Waals surface area contributed by atoms with Crippen molar-refractivity contribution in [1.29, 1.82) is 0 Å². The summed E-state index contributed by atoms with van der Waals surface area (Å²) in [6.45, 7) is 2.15. The van der Waals surface area contributed by atoms with Crippen molar-refractivity contribution in [2.45, 2.75) is 39.2 Å². The average Bonchev–Trinajstić information content (AvgIpc) is 2.20. The zero-order valence-corrected chi connectivity index (χ0v) is 8.66. The molecule has 0 spiro atoms. The van der Waals surface area contributed by atoms with Gasteiger partial charge in [-0.25, -0.2) is 0 Å². The Balaban J connectivity index is 2.59. The molecular formula is C12H18O2. The van der Waals surface area contributed by atoms with E-state index in [1.807, 2.05) is 12.1 Å². The number of aromatic hydroxyl groups is 1. The third-order valence-corrected chi connectivity index (χ3v) is 2.38. The summed E-state index contributed by atoms with van der Waals surface area (Å²) in [5.41, 5.74) is 1.75. The van der Waals surface area contributed by atoms with Crippen molar-refractivity contribution in [3.05, 3.63) is 29.3 Å². The molecular weight excluding hydrogens is 176 g/mol. The number of phenolic OH excluding ortho intramolecular Hbond substituents is 1. The van der Waals surface area contributed by atoms with Gasteiger partial charge in [0.15, 0.2) is 0 Å². The van der Waals surface area contributed by atoms with Crippen LogP contribution in [0.5, 0.6) is 5.75 Å². The Morgan fingerprint density at radius 2 is 2.00 bits per heavy atom. The van der Waals surface area contributed by atoms with E-state index < -0.39 is 0 Å². The first-order chi connectivity index (χ1) is 6.77. The highest BCUT2D eigenvalue weighted by Crippen LogP contribution is 2.21.